The lowest BCUT2D eigenvalue weighted by atomic mass is 10.2. The first-order valence-corrected chi connectivity index (χ1v) is 6.15. The van der Waals surface area contributed by atoms with Gasteiger partial charge in [-0.05, 0) is 19.4 Å². The lowest BCUT2D eigenvalue weighted by Gasteiger charge is -2.13. The molecule has 0 aliphatic heterocycles. The quantitative estimate of drug-likeness (QED) is 0.631. The van der Waals surface area contributed by atoms with Crippen molar-refractivity contribution in [1.82, 2.24) is 5.32 Å². The number of ether oxygens (including phenoxy) is 1. The van der Waals surface area contributed by atoms with Crippen LogP contribution in [-0.4, -0.2) is 17.9 Å². The molecule has 0 bridgehead atoms. The van der Waals surface area contributed by atoms with Gasteiger partial charge in [0.2, 0.25) is 5.91 Å². The fourth-order valence-electron chi connectivity index (χ4n) is 1.45. The highest BCUT2D eigenvalue weighted by Gasteiger charge is 2.13. The van der Waals surface area contributed by atoms with Gasteiger partial charge in [-0.15, -0.1) is 0 Å². The van der Waals surface area contributed by atoms with Gasteiger partial charge in [0.05, 0.1) is 6.42 Å². The van der Waals surface area contributed by atoms with Crippen molar-refractivity contribution in [3.05, 3.63) is 48.0 Å². The maximum absolute atomic E-state index is 11.6. The average molecular weight is 261 g/mol. The summed E-state index contributed by atoms with van der Waals surface area (Å²) in [6, 6.07) is 9.18. The Morgan fingerprint density at radius 2 is 1.95 bits per heavy atom. The molecule has 0 radical (unpaired) electrons. The summed E-state index contributed by atoms with van der Waals surface area (Å²) in [5.74, 6) is -0.582. The van der Waals surface area contributed by atoms with Crippen LogP contribution in [0.5, 0.6) is 0 Å². The van der Waals surface area contributed by atoms with Gasteiger partial charge in [-0.1, -0.05) is 36.9 Å². The predicted octanol–water partition coefficient (Wildman–Crippen LogP) is 2.20. The number of benzene rings is 1. The summed E-state index contributed by atoms with van der Waals surface area (Å²) in [6.45, 7) is 7.16. The summed E-state index contributed by atoms with van der Waals surface area (Å²) in [5, 5.41) is 2.67. The largest absolute Gasteiger partial charge is 0.461 e. The molecule has 0 heterocycles. The third-order valence-corrected chi connectivity index (χ3v) is 2.48. The van der Waals surface area contributed by atoms with E-state index in [1.807, 2.05) is 30.3 Å². The molecular formula is C15H19NO3. The second kappa shape index (κ2) is 7.36. The number of esters is 1. The van der Waals surface area contributed by atoms with Gasteiger partial charge < -0.3 is 10.1 Å². The Kier molecular flexibility index (Phi) is 5.79. The third kappa shape index (κ3) is 5.86. The molecule has 1 aromatic carbocycles. The zero-order valence-corrected chi connectivity index (χ0v) is 11.3. The summed E-state index contributed by atoms with van der Waals surface area (Å²) in [5.41, 5.74) is 1.36. The summed E-state index contributed by atoms with van der Waals surface area (Å²) in [7, 11) is 0. The van der Waals surface area contributed by atoms with Crippen molar-refractivity contribution in [2.45, 2.75) is 32.9 Å². The Morgan fingerprint density at radius 3 is 2.53 bits per heavy atom. The molecule has 0 fully saturated rings. The van der Waals surface area contributed by atoms with E-state index in [1.165, 1.54) is 0 Å². The number of nitrogens with one attached hydrogen (secondary N) is 1. The van der Waals surface area contributed by atoms with Crippen molar-refractivity contribution in [3.8, 4) is 0 Å². The Bertz CT molecular complexity index is 454. The van der Waals surface area contributed by atoms with Gasteiger partial charge in [0.1, 0.15) is 6.61 Å². The molecule has 102 valence electrons. The topological polar surface area (TPSA) is 55.4 Å². The Labute approximate surface area is 113 Å². The number of carbonyl (C=O) groups excluding carboxylic acids is 2. The van der Waals surface area contributed by atoms with E-state index >= 15 is 0 Å². The van der Waals surface area contributed by atoms with Gasteiger partial charge >= 0.3 is 5.97 Å². The summed E-state index contributed by atoms with van der Waals surface area (Å²) in [6.07, 6.45) is 0.145. The Hall–Kier alpha value is -2.10. The van der Waals surface area contributed by atoms with E-state index in [0.29, 0.717) is 5.57 Å². The fourth-order valence-corrected chi connectivity index (χ4v) is 1.45. The average Bonchev–Trinajstić information content (AvgIpc) is 2.37. The second-order valence-electron chi connectivity index (χ2n) is 4.51. The SMILES string of the molecule is C=C(C)C(=O)NC(C)CC(=O)OCc1ccccc1. The van der Waals surface area contributed by atoms with Crippen LogP contribution in [0.25, 0.3) is 0 Å². The molecule has 1 rings (SSSR count). The number of carbonyl (C=O) groups is 2. The van der Waals surface area contributed by atoms with Crippen molar-refractivity contribution in [3.63, 3.8) is 0 Å². The molecule has 1 atom stereocenters. The molecule has 1 amide bonds. The monoisotopic (exact) mass is 261 g/mol. The van der Waals surface area contributed by atoms with Gasteiger partial charge in [0.25, 0.3) is 0 Å². The van der Waals surface area contributed by atoms with Crippen molar-refractivity contribution < 1.29 is 14.3 Å². The molecule has 0 aliphatic carbocycles. The normalized spacial score (nSPS) is 11.5. The predicted molar refractivity (Wildman–Crippen MR) is 73.3 cm³/mol. The Morgan fingerprint density at radius 1 is 1.32 bits per heavy atom. The molecule has 0 saturated heterocycles. The lowest BCUT2D eigenvalue weighted by Crippen LogP contribution is -2.34. The zero-order valence-electron chi connectivity index (χ0n) is 11.3. The molecule has 0 saturated carbocycles. The number of hydrogen-bond acceptors (Lipinski definition) is 3. The van der Waals surface area contributed by atoms with E-state index < -0.39 is 0 Å². The summed E-state index contributed by atoms with van der Waals surface area (Å²) >= 11 is 0. The molecule has 1 N–H and O–H groups in total. The van der Waals surface area contributed by atoms with Crippen LogP contribution in [0.3, 0.4) is 0 Å². The maximum atomic E-state index is 11.6. The van der Waals surface area contributed by atoms with E-state index in [4.69, 9.17) is 4.74 Å². The van der Waals surface area contributed by atoms with Crippen LogP contribution in [0, 0.1) is 0 Å². The minimum absolute atomic E-state index is 0.145. The van der Waals surface area contributed by atoms with E-state index in [-0.39, 0.29) is 30.9 Å². The molecule has 0 aliphatic rings. The fraction of sp³-hybridized carbons (Fsp3) is 0.333. The van der Waals surface area contributed by atoms with Gasteiger partial charge in [0.15, 0.2) is 0 Å². The van der Waals surface area contributed by atoms with E-state index in [2.05, 4.69) is 11.9 Å². The van der Waals surface area contributed by atoms with Gasteiger partial charge in [0, 0.05) is 11.6 Å². The molecule has 4 nitrogen and oxygen atoms in total. The lowest BCUT2D eigenvalue weighted by molar-refractivity contribution is -0.145. The first kappa shape index (κ1) is 15.0. The first-order chi connectivity index (χ1) is 8.99. The van der Waals surface area contributed by atoms with Crippen LogP contribution in [0.4, 0.5) is 0 Å². The molecule has 19 heavy (non-hydrogen) atoms. The number of amides is 1. The van der Waals surface area contributed by atoms with Crippen LogP contribution in [0.2, 0.25) is 0 Å². The van der Waals surface area contributed by atoms with E-state index in [1.54, 1.807) is 13.8 Å². The van der Waals surface area contributed by atoms with Crippen LogP contribution in [0.15, 0.2) is 42.5 Å². The van der Waals surface area contributed by atoms with Crippen LogP contribution in [-0.2, 0) is 20.9 Å². The van der Waals surface area contributed by atoms with Crippen molar-refractivity contribution in [1.29, 1.82) is 0 Å². The molecular weight excluding hydrogens is 242 g/mol. The summed E-state index contributed by atoms with van der Waals surface area (Å²) in [4.78, 5) is 22.9. The maximum Gasteiger partial charge on any atom is 0.308 e. The van der Waals surface area contributed by atoms with Crippen LogP contribution in [0.1, 0.15) is 25.8 Å². The molecule has 1 aromatic rings. The minimum Gasteiger partial charge on any atom is -0.461 e. The van der Waals surface area contributed by atoms with E-state index in [0.717, 1.165) is 5.56 Å². The second-order valence-corrected chi connectivity index (χ2v) is 4.51. The van der Waals surface area contributed by atoms with Crippen molar-refractivity contribution in [2.24, 2.45) is 0 Å². The summed E-state index contributed by atoms with van der Waals surface area (Å²) < 4.78 is 5.13. The minimum atomic E-state index is -0.335. The highest BCUT2D eigenvalue weighted by Crippen LogP contribution is 2.03. The number of rotatable bonds is 6. The van der Waals surface area contributed by atoms with Gasteiger partial charge in [-0.3, -0.25) is 9.59 Å². The van der Waals surface area contributed by atoms with Crippen LogP contribution >= 0.6 is 0 Å². The van der Waals surface area contributed by atoms with Crippen LogP contribution < -0.4 is 5.32 Å². The highest BCUT2D eigenvalue weighted by atomic mass is 16.5. The standard InChI is InChI=1S/C15H19NO3/c1-11(2)15(18)16-12(3)9-14(17)19-10-13-7-5-4-6-8-13/h4-8,12H,1,9-10H2,2-3H3,(H,16,18). The molecule has 0 spiro atoms. The number of hydrogen-bond donors (Lipinski definition) is 1. The smallest absolute Gasteiger partial charge is 0.308 e. The molecule has 1 unspecified atom stereocenters. The first-order valence-electron chi connectivity index (χ1n) is 6.15. The molecule has 4 heteroatoms. The molecule has 0 aromatic heterocycles. The highest BCUT2D eigenvalue weighted by molar-refractivity contribution is 5.92. The van der Waals surface area contributed by atoms with Gasteiger partial charge in [-0.2, -0.15) is 0 Å². The van der Waals surface area contributed by atoms with Crippen molar-refractivity contribution in [2.75, 3.05) is 0 Å². The Balaban J connectivity index is 2.31. The van der Waals surface area contributed by atoms with E-state index in [9.17, 15) is 9.59 Å². The van der Waals surface area contributed by atoms with Gasteiger partial charge in [-0.25, -0.2) is 0 Å². The third-order valence-electron chi connectivity index (χ3n) is 2.48. The zero-order chi connectivity index (χ0) is 14.3. The van der Waals surface area contributed by atoms with Crippen molar-refractivity contribution >= 4 is 11.9 Å².